The molecule has 4 rings (SSSR count). The lowest BCUT2D eigenvalue weighted by Gasteiger charge is -2.10. The van der Waals surface area contributed by atoms with E-state index in [-0.39, 0.29) is 28.3 Å². The molecule has 0 bridgehead atoms. The van der Waals surface area contributed by atoms with E-state index in [0.717, 1.165) is 17.2 Å². The van der Waals surface area contributed by atoms with Crippen LogP contribution in [0.2, 0.25) is 0 Å². The Morgan fingerprint density at radius 3 is 2.23 bits per heavy atom. The van der Waals surface area contributed by atoms with Crippen LogP contribution in [0.25, 0.3) is 22.5 Å². The Morgan fingerprint density at radius 1 is 0.971 bits per heavy atom. The summed E-state index contributed by atoms with van der Waals surface area (Å²) in [7, 11) is 2.33. The average Bonchev–Trinajstić information content (AvgIpc) is 3.31. The van der Waals surface area contributed by atoms with Crippen molar-refractivity contribution in [3.8, 4) is 11.3 Å². The maximum atomic E-state index is 13.3. The summed E-state index contributed by atoms with van der Waals surface area (Å²) in [6.07, 6.45) is 0. The van der Waals surface area contributed by atoms with Crippen LogP contribution in [-0.2, 0) is 15.4 Å². The van der Waals surface area contributed by atoms with Crippen LogP contribution in [0, 0.1) is 0 Å². The topological polar surface area (TPSA) is 131 Å². The van der Waals surface area contributed by atoms with Crippen molar-refractivity contribution in [2.75, 3.05) is 14.2 Å². The standard InChI is InChI=1S/C24H21N5O5S/c1-33-22(30)18-20(23(31)34-2)27-29-21(18)19(16-11-7-4-8-12-16)26-28(24(29)32)14-35-13-17(25)15-9-5-3-6-10-15/h3-13H,14,25H2,1-2H3/b17-13-. The highest BCUT2D eigenvalue weighted by Gasteiger charge is 2.30. The number of thioether (sulfide) groups is 1. The van der Waals surface area contributed by atoms with E-state index in [9.17, 15) is 14.4 Å². The first kappa shape index (κ1) is 23.8. The molecule has 0 unspecified atom stereocenters. The smallest absolute Gasteiger partial charge is 0.366 e. The Hall–Kier alpha value is -4.38. The van der Waals surface area contributed by atoms with E-state index >= 15 is 0 Å². The zero-order valence-electron chi connectivity index (χ0n) is 18.9. The molecule has 11 heteroatoms. The number of nitrogens with two attached hydrogens (primary N) is 1. The molecule has 0 atom stereocenters. The number of hydrogen-bond acceptors (Lipinski definition) is 9. The lowest BCUT2D eigenvalue weighted by molar-refractivity contribution is 0.0553. The second-order valence-electron chi connectivity index (χ2n) is 7.20. The van der Waals surface area contributed by atoms with Crippen molar-refractivity contribution < 1.29 is 19.1 Å². The second-order valence-corrected chi connectivity index (χ2v) is 8.03. The fourth-order valence-corrected chi connectivity index (χ4v) is 4.10. The van der Waals surface area contributed by atoms with Gasteiger partial charge in [0, 0.05) is 11.3 Å². The average molecular weight is 492 g/mol. The van der Waals surface area contributed by atoms with Crippen molar-refractivity contribution in [1.82, 2.24) is 19.4 Å². The molecular weight excluding hydrogens is 470 g/mol. The molecule has 2 aromatic carbocycles. The van der Waals surface area contributed by atoms with Crippen LogP contribution in [0.3, 0.4) is 0 Å². The molecule has 0 aliphatic rings. The fourth-order valence-electron chi connectivity index (χ4n) is 3.40. The molecule has 0 radical (unpaired) electrons. The Morgan fingerprint density at radius 2 is 1.60 bits per heavy atom. The molecule has 2 N–H and O–H groups in total. The van der Waals surface area contributed by atoms with Crippen molar-refractivity contribution in [3.63, 3.8) is 0 Å². The van der Waals surface area contributed by atoms with Gasteiger partial charge in [-0.1, -0.05) is 60.7 Å². The van der Waals surface area contributed by atoms with Crippen molar-refractivity contribution in [1.29, 1.82) is 0 Å². The molecular formula is C24H21N5O5S. The van der Waals surface area contributed by atoms with Crippen molar-refractivity contribution in [2.24, 2.45) is 5.73 Å². The quantitative estimate of drug-likeness (QED) is 0.388. The van der Waals surface area contributed by atoms with Gasteiger partial charge in [0.1, 0.15) is 16.8 Å². The number of carbonyl (C=O) groups excluding carboxylic acids is 2. The summed E-state index contributed by atoms with van der Waals surface area (Å²) in [5.41, 5.74) is 7.26. The van der Waals surface area contributed by atoms with Gasteiger partial charge in [0.05, 0.1) is 20.1 Å². The molecule has 178 valence electrons. The van der Waals surface area contributed by atoms with Gasteiger partial charge in [0.25, 0.3) is 0 Å². The zero-order chi connectivity index (χ0) is 24.9. The Kier molecular flexibility index (Phi) is 6.97. The molecule has 35 heavy (non-hydrogen) atoms. The monoisotopic (exact) mass is 491 g/mol. The van der Waals surface area contributed by atoms with Gasteiger partial charge < -0.3 is 15.2 Å². The van der Waals surface area contributed by atoms with Gasteiger partial charge in [-0.15, -0.1) is 11.8 Å². The van der Waals surface area contributed by atoms with E-state index < -0.39 is 17.6 Å². The first-order valence-electron chi connectivity index (χ1n) is 10.3. The number of benzene rings is 2. The fraction of sp³-hybridized carbons (Fsp3) is 0.125. The number of nitrogens with zero attached hydrogens (tertiary/aromatic N) is 4. The Labute approximate surface area is 204 Å². The first-order chi connectivity index (χ1) is 17.0. The largest absolute Gasteiger partial charge is 0.465 e. The third-order valence-corrected chi connectivity index (χ3v) is 5.88. The summed E-state index contributed by atoms with van der Waals surface area (Å²) in [5, 5.41) is 10.3. The number of ether oxygens (including phenoxy) is 2. The molecule has 0 saturated carbocycles. The van der Waals surface area contributed by atoms with Gasteiger partial charge in [-0.25, -0.2) is 19.1 Å². The summed E-state index contributed by atoms with van der Waals surface area (Å²) in [6, 6.07) is 18.3. The number of esters is 2. The molecule has 4 aromatic rings. The minimum Gasteiger partial charge on any atom is -0.465 e. The third-order valence-electron chi connectivity index (χ3n) is 5.06. The van der Waals surface area contributed by atoms with Crippen molar-refractivity contribution in [2.45, 2.75) is 5.88 Å². The van der Waals surface area contributed by atoms with Crippen LogP contribution >= 0.6 is 11.8 Å². The number of methoxy groups -OCH3 is 2. The van der Waals surface area contributed by atoms with Crippen LogP contribution < -0.4 is 11.4 Å². The molecule has 0 saturated heterocycles. The van der Waals surface area contributed by atoms with E-state index in [0.29, 0.717) is 11.3 Å². The minimum atomic E-state index is -0.882. The SMILES string of the molecule is COC(=O)c1nn2c(=O)n(CS/C=C(\N)c3ccccc3)nc(-c3ccccc3)c2c1C(=O)OC. The van der Waals surface area contributed by atoms with Crippen LogP contribution in [-0.4, -0.2) is 45.6 Å². The summed E-state index contributed by atoms with van der Waals surface area (Å²) < 4.78 is 11.8. The van der Waals surface area contributed by atoms with Gasteiger partial charge >= 0.3 is 17.6 Å². The lowest BCUT2D eigenvalue weighted by Crippen LogP contribution is -2.30. The Balaban J connectivity index is 1.87. The predicted molar refractivity (Wildman–Crippen MR) is 132 cm³/mol. The molecule has 0 fully saturated rings. The predicted octanol–water partition coefficient (Wildman–Crippen LogP) is 2.78. The zero-order valence-corrected chi connectivity index (χ0v) is 19.7. The summed E-state index contributed by atoms with van der Waals surface area (Å²) in [4.78, 5) is 38.3. The Bertz CT molecular complexity index is 1480. The molecule has 0 aliphatic carbocycles. The molecule has 0 aliphatic heterocycles. The minimum absolute atomic E-state index is 0.0500. The summed E-state index contributed by atoms with van der Waals surface area (Å²) in [6.45, 7) is 0. The third kappa shape index (κ3) is 4.66. The van der Waals surface area contributed by atoms with Gasteiger partial charge in [-0.3, -0.25) is 0 Å². The summed E-state index contributed by atoms with van der Waals surface area (Å²) in [5.74, 6) is -1.63. The highest BCUT2D eigenvalue weighted by atomic mass is 32.2. The number of aromatic nitrogens is 4. The molecule has 10 nitrogen and oxygen atoms in total. The van der Waals surface area contributed by atoms with E-state index in [2.05, 4.69) is 10.2 Å². The molecule has 0 spiro atoms. The molecule has 0 amide bonds. The number of carbonyl (C=O) groups is 2. The van der Waals surface area contributed by atoms with Gasteiger partial charge in [-0.2, -0.15) is 14.7 Å². The number of fused-ring (bicyclic) bond motifs is 1. The number of hydrogen-bond donors (Lipinski definition) is 1. The molecule has 2 heterocycles. The second kappa shape index (κ2) is 10.3. The van der Waals surface area contributed by atoms with Gasteiger partial charge in [0.15, 0.2) is 5.69 Å². The van der Waals surface area contributed by atoms with Crippen LogP contribution in [0.5, 0.6) is 0 Å². The van der Waals surface area contributed by atoms with Crippen LogP contribution in [0.4, 0.5) is 0 Å². The lowest BCUT2D eigenvalue weighted by atomic mass is 10.1. The first-order valence-corrected chi connectivity index (χ1v) is 11.4. The van der Waals surface area contributed by atoms with Gasteiger partial charge in [-0.05, 0) is 11.0 Å². The van der Waals surface area contributed by atoms with Crippen LogP contribution in [0.1, 0.15) is 26.4 Å². The van der Waals surface area contributed by atoms with E-state index in [1.807, 2.05) is 36.4 Å². The molecule has 2 aromatic heterocycles. The maximum Gasteiger partial charge on any atom is 0.366 e. The van der Waals surface area contributed by atoms with Crippen molar-refractivity contribution >= 4 is 34.9 Å². The normalized spacial score (nSPS) is 11.4. The highest BCUT2D eigenvalue weighted by molar-refractivity contribution is 8.01. The summed E-state index contributed by atoms with van der Waals surface area (Å²) >= 11 is 1.26. The van der Waals surface area contributed by atoms with E-state index in [1.54, 1.807) is 29.7 Å². The van der Waals surface area contributed by atoms with Crippen LogP contribution in [0.15, 0.2) is 70.9 Å². The highest BCUT2D eigenvalue weighted by Crippen LogP contribution is 2.27. The van der Waals surface area contributed by atoms with Gasteiger partial charge in [0.2, 0.25) is 0 Å². The van der Waals surface area contributed by atoms with Crippen molar-refractivity contribution in [3.05, 3.63) is 93.4 Å². The maximum absolute atomic E-state index is 13.3. The van der Waals surface area contributed by atoms with E-state index in [4.69, 9.17) is 15.2 Å². The van der Waals surface area contributed by atoms with E-state index in [1.165, 1.54) is 23.6 Å². The number of rotatable bonds is 7.